The van der Waals surface area contributed by atoms with Crippen LogP contribution in [-0.4, -0.2) is 17.8 Å². The van der Waals surface area contributed by atoms with E-state index in [9.17, 15) is 4.79 Å². The molecule has 0 saturated heterocycles. The van der Waals surface area contributed by atoms with Crippen LogP contribution in [0.15, 0.2) is 60.7 Å². The van der Waals surface area contributed by atoms with Crippen LogP contribution in [-0.2, 0) is 16.2 Å². The number of ether oxygens (including phenoxy) is 1. The van der Waals surface area contributed by atoms with Gasteiger partial charge in [-0.1, -0.05) is 60.7 Å². The Hall–Kier alpha value is -2.33. The van der Waals surface area contributed by atoms with Crippen LogP contribution in [0.1, 0.15) is 31.0 Å². The Balaban J connectivity index is 2.10. The molecular formula is C18H21NO3. The minimum atomic E-state index is -0.477. The molecule has 0 radical (unpaired) electrons. The standard InChI is InChI=1S/C18H21NO3/c1-3-21-18(20)19(15(2)17-12-8-5-9-13-17)22-14-16-10-6-4-7-11-16/h4-13,15H,3,14H2,1-2H3/t15-/m0/s1. The average molecular weight is 299 g/mol. The molecule has 1 amide bonds. The van der Waals surface area contributed by atoms with Gasteiger partial charge in [-0.05, 0) is 25.0 Å². The second-order valence-electron chi connectivity index (χ2n) is 4.87. The molecule has 0 aliphatic carbocycles. The normalized spacial score (nSPS) is 11.7. The molecule has 0 aromatic heterocycles. The SMILES string of the molecule is CCOC(=O)N(OCc1ccccc1)[C@@H](C)c1ccccc1. The summed E-state index contributed by atoms with van der Waals surface area (Å²) in [6, 6.07) is 19.2. The van der Waals surface area contributed by atoms with E-state index in [4.69, 9.17) is 9.57 Å². The van der Waals surface area contributed by atoms with Crippen molar-refractivity contribution in [2.24, 2.45) is 0 Å². The van der Waals surface area contributed by atoms with E-state index in [1.165, 1.54) is 5.06 Å². The van der Waals surface area contributed by atoms with Crippen LogP contribution in [0.25, 0.3) is 0 Å². The molecule has 0 unspecified atom stereocenters. The highest BCUT2D eigenvalue weighted by Crippen LogP contribution is 2.22. The number of amides is 1. The quantitative estimate of drug-likeness (QED) is 0.745. The maximum atomic E-state index is 12.2. The van der Waals surface area contributed by atoms with Gasteiger partial charge in [0, 0.05) is 0 Å². The topological polar surface area (TPSA) is 38.8 Å². The molecule has 4 nitrogen and oxygen atoms in total. The van der Waals surface area contributed by atoms with Crippen LogP contribution < -0.4 is 0 Å². The predicted molar refractivity (Wildman–Crippen MR) is 84.9 cm³/mol. The number of carbonyl (C=O) groups is 1. The number of hydrogen-bond acceptors (Lipinski definition) is 3. The Bertz CT molecular complexity index is 571. The minimum absolute atomic E-state index is 0.232. The van der Waals surface area contributed by atoms with Gasteiger partial charge in [0.05, 0.1) is 12.6 Å². The lowest BCUT2D eigenvalue weighted by Crippen LogP contribution is -2.34. The van der Waals surface area contributed by atoms with Gasteiger partial charge in [0.15, 0.2) is 0 Å². The first kappa shape index (κ1) is 16.0. The predicted octanol–water partition coefficient (Wildman–Crippen LogP) is 4.34. The van der Waals surface area contributed by atoms with Gasteiger partial charge in [-0.15, -0.1) is 0 Å². The van der Waals surface area contributed by atoms with E-state index < -0.39 is 6.09 Å². The largest absolute Gasteiger partial charge is 0.448 e. The monoisotopic (exact) mass is 299 g/mol. The third-order valence-corrected chi connectivity index (χ3v) is 3.29. The number of benzene rings is 2. The average Bonchev–Trinajstić information content (AvgIpc) is 2.57. The van der Waals surface area contributed by atoms with Gasteiger partial charge >= 0.3 is 6.09 Å². The highest BCUT2D eigenvalue weighted by Gasteiger charge is 2.24. The summed E-state index contributed by atoms with van der Waals surface area (Å²) in [5.41, 5.74) is 1.99. The molecule has 0 saturated carbocycles. The summed E-state index contributed by atoms with van der Waals surface area (Å²) in [4.78, 5) is 17.9. The maximum Gasteiger partial charge on any atom is 0.434 e. The number of rotatable bonds is 6. The summed E-state index contributed by atoms with van der Waals surface area (Å²) in [5.74, 6) is 0. The molecule has 1 atom stereocenters. The van der Waals surface area contributed by atoms with E-state index in [0.29, 0.717) is 13.2 Å². The van der Waals surface area contributed by atoms with E-state index >= 15 is 0 Å². The van der Waals surface area contributed by atoms with Gasteiger partial charge in [-0.2, -0.15) is 5.06 Å². The van der Waals surface area contributed by atoms with Gasteiger partial charge in [-0.3, -0.25) is 4.84 Å². The van der Waals surface area contributed by atoms with E-state index in [2.05, 4.69) is 0 Å². The van der Waals surface area contributed by atoms with Crippen LogP contribution in [0.5, 0.6) is 0 Å². The molecule has 0 aliphatic rings. The molecule has 22 heavy (non-hydrogen) atoms. The van der Waals surface area contributed by atoms with Crippen molar-refractivity contribution >= 4 is 6.09 Å². The minimum Gasteiger partial charge on any atom is -0.448 e. The fourth-order valence-corrected chi connectivity index (χ4v) is 2.09. The first-order valence-corrected chi connectivity index (χ1v) is 7.40. The smallest absolute Gasteiger partial charge is 0.434 e. The number of nitrogens with zero attached hydrogens (tertiary/aromatic N) is 1. The van der Waals surface area contributed by atoms with Gasteiger partial charge in [0.2, 0.25) is 0 Å². The summed E-state index contributed by atoms with van der Waals surface area (Å²) in [5, 5.41) is 1.30. The first-order valence-electron chi connectivity index (χ1n) is 7.40. The first-order chi connectivity index (χ1) is 10.7. The summed E-state index contributed by atoms with van der Waals surface area (Å²) in [6.45, 7) is 4.32. The molecule has 0 N–H and O–H groups in total. The third kappa shape index (κ3) is 4.33. The van der Waals surface area contributed by atoms with Crippen molar-refractivity contribution in [1.82, 2.24) is 5.06 Å². The van der Waals surface area contributed by atoms with Crippen LogP contribution in [0.2, 0.25) is 0 Å². The fourth-order valence-electron chi connectivity index (χ4n) is 2.09. The zero-order chi connectivity index (χ0) is 15.8. The molecule has 0 aliphatic heterocycles. The maximum absolute atomic E-state index is 12.2. The van der Waals surface area contributed by atoms with Gasteiger partial charge in [0.1, 0.15) is 6.61 Å². The van der Waals surface area contributed by atoms with Crippen LogP contribution >= 0.6 is 0 Å². The van der Waals surface area contributed by atoms with Crippen LogP contribution in [0.4, 0.5) is 4.79 Å². The van der Waals surface area contributed by atoms with Gasteiger partial charge < -0.3 is 4.74 Å². The molecule has 0 heterocycles. The van der Waals surface area contributed by atoms with Gasteiger partial charge in [-0.25, -0.2) is 4.79 Å². The van der Waals surface area contributed by atoms with Crippen molar-refractivity contribution in [2.45, 2.75) is 26.5 Å². The lowest BCUT2D eigenvalue weighted by molar-refractivity contribution is -0.169. The Labute approximate surface area is 131 Å². The van der Waals surface area contributed by atoms with E-state index in [1.54, 1.807) is 6.92 Å². The Morgan fingerprint density at radius 1 is 1.05 bits per heavy atom. The van der Waals surface area contributed by atoms with Gasteiger partial charge in [0.25, 0.3) is 0 Å². The van der Waals surface area contributed by atoms with Crippen molar-refractivity contribution in [3.63, 3.8) is 0 Å². The molecule has 2 aromatic rings. The van der Waals surface area contributed by atoms with E-state index in [0.717, 1.165) is 11.1 Å². The highest BCUT2D eigenvalue weighted by atomic mass is 16.7. The van der Waals surface area contributed by atoms with Crippen molar-refractivity contribution < 1.29 is 14.4 Å². The van der Waals surface area contributed by atoms with E-state index in [1.807, 2.05) is 67.6 Å². The zero-order valence-electron chi connectivity index (χ0n) is 12.9. The Morgan fingerprint density at radius 3 is 2.23 bits per heavy atom. The lowest BCUT2D eigenvalue weighted by Gasteiger charge is -2.27. The number of hydrogen-bond donors (Lipinski definition) is 0. The van der Waals surface area contributed by atoms with Crippen LogP contribution in [0, 0.1) is 0 Å². The molecule has 116 valence electrons. The van der Waals surface area contributed by atoms with Crippen LogP contribution in [0.3, 0.4) is 0 Å². The zero-order valence-corrected chi connectivity index (χ0v) is 12.9. The Morgan fingerprint density at radius 2 is 1.64 bits per heavy atom. The number of carbonyl (C=O) groups excluding carboxylic acids is 1. The molecule has 2 aromatic carbocycles. The fraction of sp³-hybridized carbons (Fsp3) is 0.278. The van der Waals surface area contributed by atoms with Crippen molar-refractivity contribution in [1.29, 1.82) is 0 Å². The molecule has 2 rings (SSSR count). The van der Waals surface area contributed by atoms with Crippen molar-refractivity contribution in [3.8, 4) is 0 Å². The number of hydroxylamine groups is 2. The molecule has 0 spiro atoms. The molecule has 0 bridgehead atoms. The highest BCUT2D eigenvalue weighted by molar-refractivity contribution is 5.67. The molecular weight excluding hydrogens is 278 g/mol. The summed E-state index contributed by atoms with van der Waals surface area (Å²) in [7, 11) is 0. The van der Waals surface area contributed by atoms with Crippen molar-refractivity contribution in [2.75, 3.05) is 6.61 Å². The second-order valence-corrected chi connectivity index (χ2v) is 4.87. The Kier molecular flexibility index (Phi) is 5.98. The molecule has 0 fully saturated rings. The second kappa shape index (κ2) is 8.20. The lowest BCUT2D eigenvalue weighted by atomic mass is 10.1. The molecule has 4 heteroatoms. The van der Waals surface area contributed by atoms with E-state index in [-0.39, 0.29) is 6.04 Å². The summed E-state index contributed by atoms with van der Waals surface area (Å²) < 4.78 is 5.10. The van der Waals surface area contributed by atoms with Crippen molar-refractivity contribution in [3.05, 3.63) is 71.8 Å². The summed E-state index contributed by atoms with van der Waals surface area (Å²) >= 11 is 0. The summed E-state index contributed by atoms with van der Waals surface area (Å²) in [6.07, 6.45) is -0.477. The third-order valence-electron chi connectivity index (χ3n) is 3.29.